The summed E-state index contributed by atoms with van der Waals surface area (Å²) < 4.78 is 0. The summed E-state index contributed by atoms with van der Waals surface area (Å²) in [6.45, 7) is 2.08. The standard InChI is InChI=1S/C15H14O2/c1-11-5-2-6-12-7-3-8-13(15(11)12)9-4-10-14(16)17/h2-8,10H,9H2,1H3,(H,16,17)/b10-4+. The largest absolute Gasteiger partial charge is 0.478 e. The maximum absolute atomic E-state index is 10.4. The molecule has 0 aromatic heterocycles. The number of benzene rings is 2. The molecule has 17 heavy (non-hydrogen) atoms. The molecular weight excluding hydrogens is 212 g/mol. The van der Waals surface area contributed by atoms with Crippen molar-refractivity contribution in [3.05, 3.63) is 59.7 Å². The minimum atomic E-state index is -0.901. The van der Waals surface area contributed by atoms with Gasteiger partial charge in [-0.05, 0) is 35.2 Å². The van der Waals surface area contributed by atoms with Gasteiger partial charge in [-0.2, -0.15) is 0 Å². The van der Waals surface area contributed by atoms with Gasteiger partial charge in [-0.1, -0.05) is 42.5 Å². The van der Waals surface area contributed by atoms with Gasteiger partial charge in [-0.15, -0.1) is 0 Å². The average Bonchev–Trinajstić information content (AvgIpc) is 2.29. The van der Waals surface area contributed by atoms with Crippen LogP contribution in [0.5, 0.6) is 0 Å². The molecule has 2 nitrogen and oxygen atoms in total. The fourth-order valence-electron chi connectivity index (χ4n) is 2.08. The third-order valence-corrected chi connectivity index (χ3v) is 2.80. The minimum absolute atomic E-state index is 0.647. The Balaban J connectivity index is 2.43. The summed E-state index contributed by atoms with van der Waals surface area (Å²) in [4.78, 5) is 10.4. The van der Waals surface area contributed by atoms with Crippen molar-refractivity contribution in [2.75, 3.05) is 0 Å². The van der Waals surface area contributed by atoms with Crippen molar-refractivity contribution in [1.29, 1.82) is 0 Å². The molecule has 0 saturated heterocycles. The summed E-state index contributed by atoms with van der Waals surface area (Å²) in [6.07, 6.45) is 3.52. The molecule has 86 valence electrons. The zero-order valence-electron chi connectivity index (χ0n) is 9.68. The predicted octanol–water partition coefficient (Wildman–Crippen LogP) is 3.33. The van der Waals surface area contributed by atoms with Crippen molar-refractivity contribution in [2.45, 2.75) is 13.3 Å². The van der Waals surface area contributed by atoms with Crippen LogP contribution in [0.25, 0.3) is 10.8 Å². The number of aryl methyl sites for hydroxylation is 1. The molecule has 0 aliphatic rings. The first kappa shape index (κ1) is 11.4. The summed E-state index contributed by atoms with van der Waals surface area (Å²) in [6, 6.07) is 12.3. The zero-order chi connectivity index (χ0) is 12.3. The van der Waals surface area contributed by atoms with Crippen LogP contribution in [0.15, 0.2) is 48.6 Å². The highest BCUT2D eigenvalue weighted by Crippen LogP contribution is 2.23. The summed E-state index contributed by atoms with van der Waals surface area (Å²) >= 11 is 0. The first-order valence-corrected chi connectivity index (χ1v) is 5.55. The van der Waals surface area contributed by atoms with Crippen LogP contribution in [-0.4, -0.2) is 11.1 Å². The van der Waals surface area contributed by atoms with Crippen molar-refractivity contribution >= 4 is 16.7 Å². The monoisotopic (exact) mass is 226 g/mol. The van der Waals surface area contributed by atoms with Gasteiger partial charge in [0.05, 0.1) is 0 Å². The van der Waals surface area contributed by atoms with Crippen LogP contribution in [0.2, 0.25) is 0 Å². The Hall–Kier alpha value is -2.09. The summed E-state index contributed by atoms with van der Waals surface area (Å²) in [5.74, 6) is -0.901. The quantitative estimate of drug-likeness (QED) is 0.815. The van der Waals surface area contributed by atoms with Gasteiger partial charge >= 0.3 is 5.97 Å². The molecule has 2 aromatic carbocycles. The lowest BCUT2D eigenvalue weighted by Crippen LogP contribution is -1.90. The normalized spacial score (nSPS) is 11.1. The molecule has 0 fully saturated rings. The van der Waals surface area contributed by atoms with Crippen LogP contribution in [0.4, 0.5) is 0 Å². The number of carbonyl (C=O) groups is 1. The Morgan fingerprint density at radius 2 is 1.94 bits per heavy atom. The molecule has 2 rings (SSSR count). The van der Waals surface area contributed by atoms with Gasteiger partial charge < -0.3 is 5.11 Å². The second kappa shape index (κ2) is 4.83. The molecule has 0 radical (unpaired) electrons. The van der Waals surface area contributed by atoms with Gasteiger partial charge in [0, 0.05) is 6.08 Å². The molecule has 0 heterocycles. The second-order valence-electron chi connectivity index (χ2n) is 4.03. The average molecular weight is 226 g/mol. The highest BCUT2D eigenvalue weighted by Gasteiger charge is 2.01. The van der Waals surface area contributed by atoms with Crippen LogP contribution in [0.3, 0.4) is 0 Å². The van der Waals surface area contributed by atoms with E-state index in [0.29, 0.717) is 6.42 Å². The molecule has 0 unspecified atom stereocenters. The summed E-state index contributed by atoms with van der Waals surface area (Å²) in [5.41, 5.74) is 2.39. The Labute approximate surface area is 100 Å². The van der Waals surface area contributed by atoms with Gasteiger partial charge in [0.25, 0.3) is 0 Å². The lowest BCUT2D eigenvalue weighted by molar-refractivity contribution is -0.131. The fourth-order valence-corrected chi connectivity index (χ4v) is 2.08. The van der Waals surface area contributed by atoms with Crippen LogP contribution in [0, 0.1) is 6.92 Å². The van der Waals surface area contributed by atoms with E-state index in [1.54, 1.807) is 6.08 Å². The molecule has 0 atom stereocenters. The SMILES string of the molecule is Cc1cccc2cccc(C/C=C/C(=O)O)c12. The molecule has 0 aliphatic heterocycles. The number of hydrogen-bond donors (Lipinski definition) is 1. The van der Waals surface area contributed by atoms with Crippen molar-refractivity contribution in [2.24, 2.45) is 0 Å². The number of carboxylic acids is 1. The van der Waals surface area contributed by atoms with Crippen molar-refractivity contribution < 1.29 is 9.90 Å². The van der Waals surface area contributed by atoms with Crippen molar-refractivity contribution in [3.63, 3.8) is 0 Å². The smallest absolute Gasteiger partial charge is 0.327 e. The van der Waals surface area contributed by atoms with Gasteiger partial charge in [-0.25, -0.2) is 4.79 Å². The molecule has 2 heteroatoms. The molecule has 0 aliphatic carbocycles. The predicted molar refractivity (Wildman–Crippen MR) is 69.2 cm³/mol. The molecular formula is C15H14O2. The number of rotatable bonds is 3. The summed E-state index contributed by atoms with van der Waals surface area (Å²) in [5, 5.41) is 11.0. The lowest BCUT2D eigenvalue weighted by Gasteiger charge is -2.07. The number of fused-ring (bicyclic) bond motifs is 1. The van der Waals surface area contributed by atoms with Crippen molar-refractivity contribution in [3.8, 4) is 0 Å². The Morgan fingerprint density at radius 1 is 1.24 bits per heavy atom. The molecule has 2 aromatic rings. The number of hydrogen-bond acceptors (Lipinski definition) is 1. The zero-order valence-corrected chi connectivity index (χ0v) is 9.68. The van der Waals surface area contributed by atoms with E-state index >= 15 is 0 Å². The van der Waals surface area contributed by atoms with Crippen LogP contribution in [0.1, 0.15) is 11.1 Å². The molecule has 0 saturated carbocycles. The Bertz CT molecular complexity index is 577. The highest BCUT2D eigenvalue weighted by molar-refractivity contribution is 5.89. The first-order valence-electron chi connectivity index (χ1n) is 5.55. The molecule has 0 amide bonds. The van der Waals surface area contributed by atoms with Gasteiger partial charge in [-0.3, -0.25) is 0 Å². The topological polar surface area (TPSA) is 37.3 Å². The van der Waals surface area contributed by atoms with E-state index in [4.69, 9.17) is 5.11 Å². The minimum Gasteiger partial charge on any atom is -0.478 e. The number of carboxylic acid groups (broad SMARTS) is 1. The molecule has 1 N–H and O–H groups in total. The van der Waals surface area contributed by atoms with E-state index < -0.39 is 5.97 Å². The maximum atomic E-state index is 10.4. The third-order valence-electron chi connectivity index (χ3n) is 2.80. The first-order chi connectivity index (χ1) is 8.18. The molecule has 0 bridgehead atoms. The fraction of sp³-hybridized carbons (Fsp3) is 0.133. The van der Waals surface area contributed by atoms with E-state index in [1.165, 1.54) is 22.4 Å². The van der Waals surface area contributed by atoms with Crippen molar-refractivity contribution in [1.82, 2.24) is 0 Å². The highest BCUT2D eigenvalue weighted by atomic mass is 16.4. The van der Waals surface area contributed by atoms with E-state index in [1.807, 2.05) is 18.2 Å². The molecule has 0 spiro atoms. The second-order valence-corrected chi connectivity index (χ2v) is 4.03. The maximum Gasteiger partial charge on any atom is 0.327 e. The van der Waals surface area contributed by atoms with E-state index in [9.17, 15) is 4.79 Å². The van der Waals surface area contributed by atoms with Gasteiger partial charge in [0.1, 0.15) is 0 Å². The third kappa shape index (κ3) is 2.53. The Morgan fingerprint density at radius 3 is 2.65 bits per heavy atom. The van der Waals surface area contributed by atoms with Crippen LogP contribution in [-0.2, 0) is 11.2 Å². The van der Waals surface area contributed by atoms with E-state index in [-0.39, 0.29) is 0 Å². The van der Waals surface area contributed by atoms with E-state index in [0.717, 1.165) is 5.56 Å². The van der Waals surface area contributed by atoms with Gasteiger partial charge in [0.15, 0.2) is 0 Å². The van der Waals surface area contributed by atoms with E-state index in [2.05, 4.69) is 25.1 Å². The van der Waals surface area contributed by atoms with Gasteiger partial charge in [0.2, 0.25) is 0 Å². The van der Waals surface area contributed by atoms with Crippen LogP contribution < -0.4 is 0 Å². The number of allylic oxidation sites excluding steroid dienone is 1. The Kier molecular flexibility index (Phi) is 3.24. The number of aliphatic carboxylic acids is 1. The lowest BCUT2D eigenvalue weighted by atomic mass is 9.98. The summed E-state index contributed by atoms with van der Waals surface area (Å²) in [7, 11) is 0. The van der Waals surface area contributed by atoms with Crippen LogP contribution >= 0.6 is 0 Å².